The van der Waals surface area contributed by atoms with Crippen LogP contribution in [-0.2, 0) is 16.9 Å². The van der Waals surface area contributed by atoms with Gasteiger partial charge >= 0.3 is 6.03 Å². The van der Waals surface area contributed by atoms with Gasteiger partial charge in [-0.15, -0.1) is 0 Å². The number of fused-ring (bicyclic) bond motifs is 1. The number of nitrogens with zero attached hydrogens (tertiary/aromatic N) is 1. The van der Waals surface area contributed by atoms with E-state index in [0.717, 1.165) is 32.7 Å². The van der Waals surface area contributed by atoms with Gasteiger partial charge in [0.2, 0.25) is 6.79 Å². The summed E-state index contributed by atoms with van der Waals surface area (Å²) in [7, 11) is 0. The molecule has 31 heavy (non-hydrogen) atoms. The van der Waals surface area contributed by atoms with Gasteiger partial charge in [0.25, 0.3) is 5.91 Å². The minimum atomic E-state index is -1.10. The number of carbonyl (C=O) groups excluding carboxylic acids is 2. The number of hydrogen-bond acceptors (Lipinski definition) is 4. The molecule has 0 aliphatic carbocycles. The molecule has 3 heterocycles. The van der Waals surface area contributed by atoms with E-state index in [0.29, 0.717) is 23.7 Å². The summed E-state index contributed by atoms with van der Waals surface area (Å²) in [5.74, 6) is 1.03. The lowest BCUT2D eigenvalue weighted by atomic mass is 9.92. The smallest absolute Gasteiger partial charge is 0.329 e. The highest BCUT2D eigenvalue weighted by atomic mass is 16.7. The molecule has 8 nitrogen and oxygen atoms in total. The third-order valence-electron chi connectivity index (χ3n) is 6.57. The molecule has 0 spiro atoms. The number of rotatable bonds is 5. The van der Waals surface area contributed by atoms with Crippen LogP contribution in [0.4, 0.5) is 4.79 Å². The first-order chi connectivity index (χ1) is 15.0. The molecule has 3 aliphatic heterocycles. The van der Waals surface area contributed by atoms with Crippen molar-refractivity contribution in [1.29, 1.82) is 0 Å². The molecule has 1 atom stereocenters. The molecule has 0 aromatic heterocycles. The summed E-state index contributed by atoms with van der Waals surface area (Å²) in [6.07, 6.45) is 0. The van der Waals surface area contributed by atoms with Gasteiger partial charge in [-0.1, -0.05) is 36.4 Å². The minimum absolute atomic E-state index is 0.170. The molecule has 2 aromatic rings. The lowest BCUT2D eigenvalue weighted by Gasteiger charge is -2.31. The van der Waals surface area contributed by atoms with Crippen molar-refractivity contribution < 1.29 is 28.9 Å². The van der Waals surface area contributed by atoms with Crippen LogP contribution in [0.15, 0.2) is 48.5 Å². The first-order valence-corrected chi connectivity index (χ1v) is 10.8. The predicted octanol–water partition coefficient (Wildman–Crippen LogP) is -0.877. The zero-order chi connectivity index (χ0) is 21.4. The summed E-state index contributed by atoms with van der Waals surface area (Å²) < 4.78 is 10.8. The van der Waals surface area contributed by atoms with Crippen LogP contribution >= 0.6 is 0 Å². The average molecular weight is 425 g/mol. The summed E-state index contributed by atoms with van der Waals surface area (Å²) in [6.45, 7) is 7.23. The second-order valence-corrected chi connectivity index (χ2v) is 8.68. The van der Waals surface area contributed by atoms with Crippen molar-refractivity contribution in [2.24, 2.45) is 0 Å². The molecular weight excluding hydrogens is 396 g/mol. The van der Waals surface area contributed by atoms with Gasteiger partial charge in [-0.05, 0) is 24.6 Å². The summed E-state index contributed by atoms with van der Waals surface area (Å²) in [5, 5.41) is 2.89. The Morgan fingerprint density at radius 3 is 2.45 bits per heavy atom. The highest BCUT2D eigenvalue weighted by Crippen LogP contribution is 2.37. The normalized spacial score (nSPS) is 27.5. The zero-order valence-electron chi connectivity index (χ0n) is 17.6. The second kappa shape index (κ2) is 7.86. The standard InChI is InChI=1S/C23H26N4O4/c1-23(18-7-8-19-20(13-18)31-16-30-19)21(28)27(22(29)24-23)15-26-11-9-25(10-12-26)14-17-5-3-2-4-6-17/h2-8,13H,9-12,14-16H2,1H3,(H,24,29)/p+2/t23-/m1/s1. The highest BCUT2D eigenvalue weighted by molar-refractivity contribution is 6.07. The van der Waals surface area contributed by atoms with Gasteiger partial charge in [0, 0.05) is 5.56 Å². The Balaban J connectivity index is 1.22. The van der Waals surface area contributed by atoms with Crippen molar-refractivity contribution in [1.82, 2.24) is 10.2 Å². The molecule has 2 aromatic carbocycles. The highest BCUT2D eigenvalue weighted by Gasteiger charge is 2.50. The van der Waals surface area contributed by atoms with Crippen LogP contribution in [0.3, 0.4) is 0 Å². The lowest BCUT2D eigenvalue weighted by molar-refractivity contribution is -1.02. The average Bonchev–Trinajstić information content (AvgIpc) is 3.34. The molecule has 8 heteroatoms. The van der Waals surface area contributed by atoms with Gasteiger partial charge < -0.3 is 24.6 Å². The number of quaternary nitrogens is 2. The summed E-state index contributed by atoms with van der Waals surface area (Å²) >= 11 is 0. The fraction of sp³-hybridized carbons (Fsp3) is 0.391. The van der Waals surface area contributed by atoms with Crippen molar-refractivity contribution in [3.8, 4) is 11.5 Å². The van der Waals surface area contributed by atoms with Gasteiger partial charge in [-0.25, -0.2) is 9.69 Å². The fourth-order valence-corrected chi connectivity index (χ4v) is 4.64. The number of ether oxygens (including phenoxy) is 2. The van der Waals surface area contributed by atoms with Crippen LogP contribution < -0.4 is 24.6 Å². The first-order valence-electron chi connectivity index (χ1n) is 10.8. The molecule has 5 rings (SSSR count). The largest absolute Gasteiger partial charge is 0.454 e. The van der Waals surface area contributed by atoms with Gasteiger partial charge in [0.05, 0.1) is 0 Å². The Bertz CT molecular complexity index is 990. The first kappa shape index (κ1) is 19.8. The predicted molar refractivity (Wildman–Crippen MR) is 112 cm³/mol. The van der Waals surface area contributed by atoms with Crippen LogP contribution in [0.2, 0.25) is 0 Å². The van der Waals surface area contributed by atoms with E-state index in [1.54, 1.807) is 19.1 Å². The number of piperazine rings is 1. The third-order valence-corrected chi connectivity index (χ3v) is 6.57. The number of imide groups is 1. The van der Waals surface area contributed by atoms with Crippen LogP contribution in [-0.4, -0.2) is 56.5 Å². The molecule has 162 valence electrons. The lowest BCUT2D eigenvalue weighted by Crippen LogP contribution is -3.28. The maximum absolute atomic E-state index is 13.3. The van der Waals surface area contributed by atoms with E-state index in [1.165, 1.54) is 20.3 Å². The Morgan fingerprint density at radius 2 is 1.68 bits per heavy atom. The molecule has 2 saturated heterocycles. The number of carbonyl (C=O) groups is 2. The molecule has 2 fully saturated rings. The zero-order valence-corrected chi connectivity index (χ0v) is 17.6. The topological polar surface area (TPSA) is 76.8 Å². The van der Waals surface area contributed by atoms with Crippen LogP contribution in [0, 0.1) is 0 Å². The van der Waals surface area contributed by atoms with Crippen molar-refractivity contribution in [3.05, 3.63) is 59.7 Å². The van der Waals surface area contributed by atoms with Crippen molar-refractivity contribution >= 4 is 11.9 Å². The number of amides is 3. The number of benzene rings is 2. The van der Waals surface area contributed by atoms with Gasteiger partial charge in [-0.3, -0.25) is 4.79 Å². The second-order valence-electron chi connectivity index (χ2n) is 8.68. The Morgan fingerprint density at radius 1 is 0.968 bits per heavy atom. The maximum atomic E-state index is 13.3. The summed E-state index contributed by atoms with van der Waals surface area (Å²) in [5.41, 5.74) is 0.942. The summed E-state index contributed by atoms with van der Waals surface area (Å²) in [6, 6.07) is 15.6. The molecule has 3 N–H and O–H groups in total. The van der Waals surface area contributed by atoms with E-state index in [4.69, 9.17) is 9.47 Å². The molecule has 3 aliphatic rings. The number of urea groups is 1. The Labute approximate surface area is 181 Å². The van der Waals surface area contributed by atoms with Crippen molar-refractivity contribution in [2.45, 2.75) is 19.0 Å². The number of hydrogen-bond donors (Lipinski definition) is 3. The van der Waals surface area contributed by atoms with Crippen LogP contribution in [0.5, 0.6) is 11.5 Å². The van der Waals surface area contributed by atoms with E-state index >= 15 is 0 Å². The summed E-state index contributed by atoms with van der Waals surface area (Å²) in [4.78, 5) is 30.1. The SMILES string of the molecule is C[C@]1(c2ccc3c(c2)OCO3)NC(=O)N(C[NH+]2CC[NH+](Cc3ccccc3)CC2)C1=O. The van der Waals surface area contributed by atoms with Crippen molar-refractivity contribution in [2.75, 3.05) is 39.6 Å². The minimum Gasteiger partial charge on any atom is -0.454 e. The van der Waals surface area contributed by atoms with Crippen LogP contribution in [0.1, 0.15) is 18.1 Å². The quantitative estimate of drug-likeness (QED) is 0.545. The van der Waals surface area contributed by atoms with Gasteiger partial charge in [-0.2, -0.15) is 0 Å². The molecule has 0 unspecified atom stereocenters. The molecule has 0 bridgehead atoms. The molecule has 0 saturated carbocycles. The van der Waals surface area contributed by atoms with Crippen LogP contribution in [0.25, 0.3) is 0 Å². The monoisotopic (exact) mass is 424 g/mol. The number of nitrogens with one attached hydrogen (secondary N) is 3. The van der Waals surface area contributed by atoms with E-state index in [1.807, 2.05) is 12.1 Å². The van der Waals surface area contributed by atoms with E-state index in [9.17, 15) is 9.59 Å². The molecule has 0 radical (unpaired) electrons. The van der Waals surface area contributed by atoms with E-state index < -0.39 is 5.54 Å². The Hall–Kier alpha value is -3.10. The van der Waals surface area contributed by atoms with E-state index in [-0.39, 0.29) is 18.7 Å². The maximum Gasteiger partial charge on any atom is 0.329 e. The van der Waals surface area contributed by atoms with Crippen molar-refractivity contribution in [3.63, 3.8) is 0 Å². The van der Waals surface area contributed by atoms with Gasteiger partial charge in [0.1, 0.15) is 38.3 Å². The van der Waals surface area contributed by atoms with Gasteiger partial charge in [0.15, 0.2) is 18.2 Å². The van der Waals surface area contributed by atoms with E-state index in [2.05, 4.69) is 29.6 Å². The fourth-order valence-electron chi connectivity index (χ4n) is 4.64. The molecule has 3 amide bonds. The molecular formula is C23H28N4O4+2. The third kappa shape index (κ3) is 3.73. The Kier molecular flexibility index (Phi) is 5.03.